The Morgan fingerprint density at radius 2 is 1.88 bits per heavy atom. The highest BCUT2D eigenvalue weighted by Crippen LogP contribution is 2.28. The van der Waals surface area contributed by atoms with E-state index in [1.807, 2.05) is 36.4 Å². The van der Waals surface area contributed by atoms with Crippen LogP contribution >= 0.6 is 11.8 Å². The second-order valence-electron chi connectivity index (χ2n) is 5.56. The van der Waals surface area contributed by atoms with Crippen molar-refractivity contribution >= 4 is 35.5 Å². The number of nitrogens with one attached hydrogen (secondary N) is 2. The van der Waals surface area contributed by atoms with E-state index in [1.165, 1.54) is 6.08 Å². The van der Waals surface area contributed by atoms with Crippen molar-refractivity contribution in [2.75, 3.05) is 25.0 Å². The normalized spacial score (nSPS) is 13.3. The minimum atomic E-state index is -0.321. The summed E-state index contributed by atoms with van der Waals surface area (Å²) >= 11 is 1.69. The molecule has 0 saturated carbocycles. The number of benzene rings is 2. The highest BCUT2D eigenvalue weighted by atomic mass is 32.2. The van der Waals surface area contributed by atoms with Gasteiger partial charge in [0.1, 0.15) is 0 Å². The largest absolute Gasteiger partial charge is 0.463 e. The van der Waals surface area contributed by atoms with E-state index in [0.29, 0.717) is 6.61 Å². The molecule has 0 radical (unpaired) electrons. The molecule has 0 fully saturated rings. The van der Waals surface area contributed by atoms with Crippen LogP contribution in [0.2, 0.25) is 0 Å². The molecule has 3 rings (SSSR count). The zero-order valence-electron chi connectivity index (χ0n) is 14.6. The van der Waals surface area contributed by atoms with Crippen molar-refractivity contribution in [2.45, 2.75) is 16.7 Å². The first-order chi connectivity index (χ1) is 12.7. The number of carbonyl (C=O) groups excluding carboxylic acids is 1. The molecule has 0 spiro atoms. The van der Waals surface area contributed by atoms with Crippen LogP contribution in [0.1, 0.15) is 12.5 Å². The minimum Gasteiger partial charge on any atom is -0.463 e. The Morgan fingerprint density at radius 3 is 2.50 bits per heavy atom. The van der Waals surface area contributed by atoms with Gasteiger partial charge in [-0.25, -0.2) is 4.79 Å². The van der Waals surface area contributed by atoms with Crippen LogP contribution in [-0.2, 0) is 9.53 Å². The van der Waals surface area contributed by atoms with Gasteiger partial charge < -0.3 is 15.4 Å². The van der Waals surface area contributed by atoms with Gasteiger partial charge in [-0.3, -0.25) is 4.99 Å². The number of guanidine groups is 1. The molecular formula is C20H21N3O2S. The Labute approximate surface area is 157 Å². The molecule has 0 bridgehead atoms. The lowest BCUT2D eigenvalue weighted by Crippen LogP contribution is -2.26. The van der Waals surface area contributed by atoms with Gasteiger partial charge in [-0.2, -0.15) is 0 Å². The summed E-state index contributed by atoms with van der Waals surface area (Å²) in [5.74, 6) is 0.510. The third kappa shape index (κ3) is 5.39. The molecule has 0 atom stereocenters. The van der Waals surface area contributed by atoms with Gasteiger partial charge in [-0.1, -0.05) is 23.9 Å². The van der Waals surface area contributed by atoms with Crippen molar-refractivity contribution < 1.29 is 9.53 Å². The van der Waals surface area contributed by atoms with Gasteiger partial charge in [-0.15, -0.1) is 0 Å². The first-order valence-corrected chi connectivity index (χ1v) is 9.33. The molecule has 2 aromatic carbocycles. The van der Waals surface area contributed by atoms with Crippen LogP contribution in [0.25, 0.3) is 6.08 Å². The van der Waals surface area contributed by atoms with Gasteiger partial charge >= 0.3 is 5.97 Å². The SMILES string of the molecule is CCOC(=O)/C=C/c1ccc(Sc2ccc(NC3=NCCN3)cc2)cc1. The first kappa shape index (κ1) is 18.1. The number of nitrogens with zero attached hydrogens (tertiary/aromatic N) is 1. The summed E-state index contributed by atoms with van der Waals surface area (Å²) in [6.07, 6.45) is 3.20. The number of carbonyl (C=O) groups is 1. The highest BCUT2D eigenvalue weighted by Gasteiger charge is 2.05. The average Bonchev–Trinajstić information content (AvgIpc) is 3.16. The van der Waals surface area contributed by atoms with Gasteiger partial charge in [0.2, 0.25) is 0 Å². The number of ether oxygens (including phenoxy) is 1. The zero-order valence-corrected chi connectivity index (χ0v) is 15.4. The summed E-state index contributed by atoms with van der Waals surface area (Å²) in [6.45, 7) is 3.89. The molecule has 2 aromatic rings. The molecule has 0 aromatic heterocycles. The van der Waals surface area contributed by atoms with Crippen LogP contribution in [0.3, 0.4) is 0 Å². The van der Waals surface area contributed by atoms with Crippen LogP contribution in [0.15, 0.2) is 69.4 Å². The molecule has 0 aliphatic carbocycles. The van der Waals surface area contributed by atoms with Crippen molar-refractivity contribution in [3.05, 3.63) is 60.2 Å². The maximum atomic E-state index is 11.3. The molecule has 1 aliphatic rings. The number of hydrogen-bond acceptors (Lipinski definition) is 6. The third-order valence-corrected chi connectivity index (χ3v) is 4.62. The summed E-state index contributed by atoms with van der Waals surface area (Å²) in [4.78, 5) is 18.0. The maximum absolute atomic E-state index is 11.3. The standard InChI is InChI=1S/C20H21N3O2S/c1-2-25-19(24)12-5-15-3-8-17(9-4-15)26-18-10-6-16(7-11-18)23-20-21-13-14-22-20/h3-12H,2,13-14H2,1H3,(H2,21,22,23)/b12-5+. The maximum Gasteiger partial charge on any atom is 0.330 e. The lowest BCUT2D eigenvalue weighted by molar-refractivity contribution is -0.137. The first-order valence-electron chi connectivity index (χ1n) is 8.51. The Bertz CT molecular complexity index is 799. The van der Waals surface area contributed by atoms with Gasteiger partial charge in [0.05, 0.1) is 13.2 Å². The molecular weight excluding hydrogens is 346 g/mol. The van der Waals surface area contributed by atoms with Gasteiger partial charge in [0.15, 0.2) is 5.96 Å². The Hall–Kier alpha value is -2.73. The highest BCUT2D eigenvalue weighted by molar-refractivity contribution is 7.99. The predicted octanol–water partition coefficient (Wildman–Crippen LogP) is 3.79. The van der Waals surface area contributed by atoms with Crippen molar-refractivity contribution in [3.8, 4) is 0 Å². The van der Waals surface area contributed by atoms with E-state index < -0.39 is 0 Å². The number of aliphatic imine (C=N–C) groups is 1. The van der Waals surface area contributed by atoms with Gasteiger partial charge in [-0.05, 0) is 55.0 Å². The van der Waals surface area contributed by atoms with Crippen LogP contribution < -0.4 is 10.6 Å². The lowest BCUT2D eigenvalue weighted by atomic mass is 10.2. The second kappa shape index (κ2) is 9.10. The van der Waals surface area contributed by atoms with Gasteiger partial charge in [0, 0.05) is 28.1 Å². The smallest absolute Gasteiger partial charge is 0.330 e. The molecule has 0 saturated heterocycles. The summed E-state index contributed by atoms with van der Waals surface area (Å²) in [6, 6.07) is 16.3. The van der Waals surface area contributed by atoms with Crippen LogP contribution in [0.4, 0.5) is 5.69 Å². The zero-order chi connectivity index (χ0) is 18.2. The molecule has 134 valence electrons. The molecule has 1 heterocycles. The Kier molecular flexibility index (Phi) is 6.33. The van der Waals surface area contributed by atoms with Crippen LogP contribution in [0, 0.1) is 0 Å². The van der Waals surface area contributed by atoms with E-state index in [1.54, 1.807) is 24.8 Å². The molecule has 6 heteroatoms. The summed E-state index contributed by atoms with van der Waals surface area (Å²) in [7, 11) is 0. The minimum absolute atomic E-state index is 0.321. The fourth-order valence-electron chi connectivity index (χ4n) is 2.36. The topological polar surface area (TPSA) is 62.7 Å². The Morgan fingerprint density at radius 1 is 1.19 bits per heavy atom. The van der Waals surface area contributed by atoms with Crippen molar-refractivity contribution in [2.24, 2.45) is 4.99 Å². The second-order valence-corrected chi connectivity index (χ2v) is 6.71. The lowest BCUT2D eigenvalue weighted by Gasteiger charge is -2.07. The fraction of sp³-hybridized carbons (Fsp3) is 0.200. The summed E-state index contributed by atoms with van der Waals surface area (Å²) < 4.78 is 4.87. The molecule has 26 heavy (non-hydrogen) atoms. The number of esters is 1. The van der Waals surface area contributed by atoms with Crippen molar-refractivity contribution in [1.82, 2.24) is 5.32 Å². The Balaban J connectivity index is 1.56. The monoisotopic (exact) mass is 367 g/mol. The van der Waals surface area contributed by atoms with E-state index in [2.05, 4.69) is 27.8 Å². The average molecular weight is 367 g/mol. The van der Waals surface area contributed by atoms with E-state index >= 15 is 0 Å². The van der Waals surface area contributed by atoms with E-state index in [4.69, 9.17) is 4.74 Å². The number of rotatable bonds is 6. The number of anilines is 1. The van der Waals surface area contributed by atoms with E-state index in [-0.39, 0.29) is 5.97 Å². The van der Waals surface area contributed by atoms with Crippen molar-refractivity contribution in [3.63, 3.8) is 0 Å². The third-order valence-electron chi connectivity index (χ3n) is 3.61. The summed E-state index contributed by atoms with van der Waals surface area (Å²) in [5, 5.41) is 6.44. The molecule has 5 nitrogen and oxygen atoms in total. The predicted molar refractivity (Wildman–Crippen MR) is 107 cm³/mol. The van der Waals surface area contributed by atoms with Crippen LogP contribution in [0.5, 0.6) is 0 Å². The molecule has 0 amide bonds. The van der Waals surface area contributed by atoms with Crippen molar-refractivity contribution in [1.29, 1.82) is 0 Å². The number of hydrogen-bond donors (Lipinski definition) is 2. The van der Waals surface area contributed by atoms with E-state index in [0.717, 1.165) is 40.1 Å². The molecule has 1 aliphatic heterocycles. The summed E-state index contributed by atoms with van der Waals surface area (Å²) in [5.41, 5.74) is 1.98. The fourth-order valence-corrected chi connectivity index (χ4v) is 3.18. The van der Waals surface area contributed by atoms with Gasteiger partial charge in [0.25, 0.3) is 0 Å². The molecule has 0 unspecified atom stereocenters. The molecule has 2 N–H and O–H groups in total. The van der Waals surface area contributed by atoms with Crippen LogP contribution in [-0.4, -0.2) is 31.6 Å². The van der Waals surface area contributed by atoms with E-state index in [9.17, 15) is 4.79 Å². The quantitative estimate of drug-likeness (QED) is 0.601.